The van der Waals surface area contributed by atoms with Gasteiger partial charge < -0.3 is 10.1 Å². The Morgan fingerprint density at radius 3 is 2.22 bits per heavy atom. The molecule has 162 valence electrons. The number of nitrogens with zero attached hydrogens (tertiary/aromatic N) is 1. The number of amides is 2. The van der Waals surface area contributed by atoms with Gasteiger partial charge in [-0.1, -0.05) is 23.8 Å². The monoisotopic (exact) mass is 434 g/mol. The maximum atomic E-state index is 14.5. The molecule has 0 aromatic heterocycles. The van der Waals surface area contributed by atoms with Gasteiger partial charge in [0.2, 0.25) is 0 Å². The third-order valence-electron chi connectivity index (χ3n) is 5.25. The summed E-state index contributed by atoms with van der Waals surface area (Å²) < 4.78 is 33.1. The van der Waals surface area contributed by atoms with Crippen LogP contribution in [0.15, 0.2) is 66.4 Å². The van der Waals surface area contributed by atoms with Gasteiger partial charge in [0.25, 0.3) is 11.8 Å². The lowest BCUT2D eigenvalue weighted by Gasteiger charge is -2.16. The van der Waals surface area contributed by atoms with E-state index in [-0.39, 0.29) is 17.0 Å². The zero-order valence-corrected chi connectivity index (χ0v) is 17.7. The number of aryl methyl sites for hydroxylation is 2. The predicted molar refractivity (Wildman–Crippen MR) is 118 cm³/mol. The number of nitrogens with one attached hydrogen (secondary N) is 1. The highest BCUT2D eigenvalue weighted by Gasteiger charge is 2.41. The molecule has 1 aliphatic rings. The number of halogens is 2. The zero-order valence-electron chi connectivity index (χ0n) is 17.7. The Morgan fingerprint density at radius 1 is 0.875 bits per heavy atom. The van der Waals surface area contributed by atoms with Gasteiger partial charge in [0.05, 0.1) is 18.4 Å². The van der Waals surface area contributed by atoms with Crippen LogP contribution >= 0.6 is 0 Å². The van der Waals surface area contributed by atoms with E-state index in [4.69, 9.17) is 4.74 Å². The molecule has 0 saturated heterocycles. The molecular weight excluding hydrogens is 414 g/mol. The average Bonchev–Trinajstić information content (AvgIpc) is 2.99. The van der Waals surface area contributed by atoms with E-state index in [0.717, 1.165) is 28.2 Å². The van der Waals surface area contributed by atoms with Gasteiger partial charge in [0, 0.05) is 11.8 Å². The first-order valence-corrected chi connectivity index (χ1v) is 9.87. The number of hydrogen-bond donors (Lipinski definition) is 1. The minimum Gasteiger partial charge on any atom is -0.497 e. The number of imide groups is 1. The van der Waals surface area contributed by atoms with Crippen molar-refractivity contribution in [1.82, 2.24) is 0 Å². The van der Waals surface area contributed by atoms with E-state index in [9.17, 15) is 18.4 Å². The summed E-state index contributed by atoms with van der Waals surface area (Å²) >= 11 is 0. The zero-order chi connectivity index (χ0) is 23.0. The molecule has 1 N–H and O–H groups in total. The summed E-state index contributed by atoms with van der Waals surface area (Å²) in [6, 6.07) is 15.0. The molecule has 1 heterocycles. The molecule has 0 aliphatic carbocycles. The second-order valence-electron chi connectivity index (χ2n) is 7.46. The van der Waals surface area contributed by atoms with Crippen molar-refractivity contribution in [3.63, 3.8) is 0 Å². The minimum absolute atomic E-state index is 0.0100. The van der Waals surface area contributed by atoms with Gasteiger partial charge in [0.15, 0.2) is 0 Å². The largest absolute Gasteiger partial charge is 0.497 e. The normalized spacial score (nSPS) is 13.7. The Kier molecular flexibility index (Phi) is 5.48. The summed E-state index contributed by atoms with van der Waals surface area (Å²) in [5.74, 6) is -2.60. The molecule has 3 aromatic carbocycles. The van der Waals surface area contributed by atoms with Gasteiger partial charge in [-0.3, -0.25) is 9.59 Å². The predicted octanol–water partition coefficient (Wildman–Crippen LogP) is 4.99. The van der Waals surface area contributed by atoms with E-state index in [2.05, 4.69) is 5.32 Å². The van der Waals surface area contributed by atoms with Crippen LogP contribution in [0.4, 0.5) is 20.2 Å². The second-order valence-corrected chi connectivity index (χ2v) is 7.46. The fourth-order valence-corrected chi connectivity index (χ4v) is 3.69. The molecule has 7 heteroatoms. The van der Waals surface area contributed by atoms with E-state index < -0.39 is 23.4 Å². The fourth-order valence-electron chi connectivity index (χ4n) is 3.69. The molecule has 0 atom stereocenters. The van der Waals surface area contributed by atoms with E-state index >= 15 is 0 Å². The number of rotatable bonds is 5. The molecule has 0 spiro atoms. The van der Waals surface area contributed by atoms with Gasteiger partial charge in [0.1, 0.15) is 23.1 Å². The molecule has 2 amide bonds. The molecule has 0 fully saturated rings. The van der Waals surface area contributed by atoms with Crippen molar-refractivity contribution in [3.8, 4) is 5.75 Å². The van der Waals surface area contributed by atoms with Gasteiger partial charge >= 0.3 is 0 Å². The van der Waals surface area contributed by atoms with Gasteiger partial charge in [-0.2, -0.15) is 0 Å². The number of carbonyl (C=O) groups is 2. The molecular formula is C25H20F2N2O3. The number of carbonyl (C=O) groups excluding carboxylic acids is 2. The smallest absolute Gasteiger partial charge is 0.282 e. The Hall–Kier alpha value is -4.00. The number of hydrogen-bond acceptors (Lipinski definition) is 4. The third kappa shape index (κ3) is 3.73. The van der Waals surface area contributed by atoms with Gasteiger partial charge in [-0.25, -0.2) is 13.7 Å². The minimum atomic E-state index is -1.00. The Balaban J connectivity index is 1.85. The lowest BCUT2D eigenvalue weighted by molar-refractivity contribution is -0.120. The van der Waals surface area contributed by atoms with Crippen molar-refractivity contribution in [3.05, 3.63) is 94.7 Å². The standard InChI is InChI=1S/C25H20F2N2O3/c1-14-4-10-19(15(2)12-14)22-23(28-17-6-8-18(32-3)9-7-17)25(31)29(24(22)30)21-11-5-16(26)13-20(21)27/h4-13,28H,1-3H3. The summed E-state index contributed by atoms with van der Waals surface area (Å²) in [5.41, 5.74) is 2.70. The van der Waals surface area contributed by atoms with Crippen molar-refractivity contribution in [2.45, 2.75) is 13.8 Å². The number of anilines is 2. The first kappa shape index (κ1) is 21.2. The third-order valence-corrected chi connectivity index (χ3v) is 5.25. The lowest BCUT2D eigenvalue weighted by atomic mass is 9.97. The van der Waals surface area contributed by atoms with Crippen molar-refractivity contribution in [2.24, 2.45) is 0 Å². The molecule has 4 rings (SSSR count). The van der Waals surface area contributed by atoms with E-state index in [1.165, 1.54) is 7.11 Å². The molecule has 0 unspecified atom stereocenters. The Bertz CT molecular complexity index is 1270. The summed E-state index contributed by atoms with van der Waals surface area (Å²) in [5, 5.41) is 3.01. The highest BCUT2D eigenvalue weighted by molar-refractivity contribution is 6.46. The van der Waals surface area contributed by atoms with Crippen LogP contribution in [0.2, 0.25) is 0 Å². The fraction of sp³-hybridized carbons (Fsp3) is 0.120. The summed E-state index contributed by atoms with van der Waals surface area (Å²) in [6.07, 6.45) is 0. The highest BCUT2D eigenvalue weighted by Crippen LogP contribution is 2.36. The summed E-state index contributed by atoms with van der Waals surface area (Å²) in [6.45, 7) is 3.75. The molecule has 32 heavy (non-hydrogen) atoms. The van der Waals surface area contributed by atoms with E-state index in [1.54, 1.807) is 30.3 Å². The van der Waals surface area contributed by atoms with Crippen molar-refractivity contribution in [1.29, 1.82) is 0 Å². The Labute approximate surface area is 183 Å². The Morgan fingerprint density at radius 2 is 1.59 bits per heavy atom. The van der Waals surface area contributed by atoms with Gasteiger partial charge in [-0.05, 0) is 61.4 Å². The molecule has 1 aliphatic heterocycles. The lowest BCUT2D eigenvalue weighted by Crippen LogP contribution is -2.33. The number of ether oxygens (including phenoxy) is 1. The topological polar surface area (TPSA) is 58.6 Å². The van der Waals surface area contributed by atoms with E-state index in [0.29, 0.717) is 23.1 Å². The first-order chi connectivity index (χ1) is 15.3. The van der Waals surface area contributed by atoms with Crippen LogP contribution in [0.25, 0.3) is 5.57 Å². The molecule has 0 radical (unpaired) electrons. The van der Waals surface area contributed by atoms with Crippen LogP contribution in [0.3, 0.4) is 0 Å². The first-order valence-electron chi connectivity index (χ1n) is 9.87. The highest BCUT2D eigenvalue weighted by atomic mass is 19.1. The van der Waals surface area contributed by atoms with Crippen LogP contribution in [0.5, 0.6) is 5.75 Å². The van der Waals surface area contributed by atoms with Crippen molar-refractivity contribution in [2.75, 3.05) is 17.3 Å². The van der Waals surface area contributed by atoms with Gasteiger partial charge in [-0.15, -0.1) is 0 Å². The molecule has 3 aromatic rings. The maximum Gasteiger partial charge on any atom is 0.282 e. The summed E-state index contributed by atoms with van der Waals surface area (Å²) in [4.78, 5) is 27.5. The SMILES string of the molecule is COc1ccc(NC2=C(c3ccc(C)cc3C)C(=O)N(c3ccc(F)cc3F)C2=O)cc1. The maximum absolute atomic E-state index is 14.5. The molecule has 0 bridgehead atoms. The van der Waals surface area contributed by atoms with Crippen molar-refractivity contribution >= 4 is 28.8 Å². The number of benzene rings is 3. The quantitative estimate of drug-likeness (QED) is 0.575. The van der Waals surface area contributed by atoms with Crippen LogP contribution < -0.4 is 15.0 Å². The van der Waals surface area contributed by atoms with Crippen LogP contribution in [-0.4, -0.2) is 18.9 Å². The van der Waals surface area contributed by atoms with Crippen LogP contribution in [-0.2, 0) is 9.59 Å². The molecule has 0 saturated carbocycles. The van der Waals surface area contributed by atoms with E-state index in [1.807, 2.05) is 26.0 Å². The van der Waals surface area contributed by atoms with Crippen LogP contribution in [0, 0.1) is 25.5 Å². The average molecular weight is 434 g/mol. The molecule has 5 nitrogen and oxygen atoms in total. The second kappa shape index (κ2) is 8.26. The number of methoxy groups -OCH3 is 1. The summed E-state index contributed by atoms with van der Waals surface area (Å²) in [7, 11) is 1.54. The van der Waals surface area contributed by atoms with Crippen molar-refractivity contribution < 1.29 is 23.1 Å². The van der Waals surface area contributed by atoms with Crippen LogP contribution in [0.1, 0.15) is 16.7 Å².